The van der Waals surface area contributed by atoms with Gasteiger partial charge in [0.15, 0.2) is 0 Å². The van der Waals surface area contributed by atoms with Crippen LogP contribution in [0.3, 0.4) is 0 Å². The summed E-state index contributed by atoms with van der Waals surface area (Å²) in [5, 5.41) is 14.3. The van der Waals surface area contributed by atoms with Crippen molar-refractivity contribution >= 4 is 22.9 Å². The Morgan fingerprint density at radius 3 is 2.88 bits per heavy atom. The van der Waals surface area contributed by atoms with Gasteiger partial charge in [0.1, 0.15) is 12.4 Å². The lowest BCUT2D eigenvalue weighted by Crippen LogP contribution is -2.00. The van der Waals surface area contributed by atoms with Crippen molar-refractivity contribution in [2.75, 3.05) is 0 Å². The van der Waals surface area contributed by atoms with Crippen molar-refractivity contribution in [3.8, 4) is 5.75 Å². The minimum absolute atomic E-state index is 0.505. The van der Waals surface area contributed by atoms with E-state index in [2.05, 4.69) is 0 Å². The summed E-state index contributed by atoms with van der Waals surface area (Å²) in [4.78, 5) is 0. The van der Waals surface area contributed by atoms with Gasteiger partial charge in [0.2, 0.25) is 0 Å². The molecule has 0 spiro atoms. The smallest absolute Gasteiger partial charge is 0.125 e. The molecule has 0 aliphatic carbocycles. The lowest BCUT2D eigenvalue weighted by molar-refractivity contribution is 0.190. The third kappa shape index (κ3) is 3.22. The fourth-order valence-electron chi connectivity index (χ4n) is 1.51. The molecule has 2 aromatic rings. The molecule has 1 aromatic heterocycles. The number of hydrogen-bond donors (Lipinski definition) is 1. The van der Waals surface area contributed by atoms with Crippen molar-refractivity contribution in [3.63, 3.8) is 0 Å². The first-order valence-corrected chi connectivity index (χ1v) is 6.60. The monoisotopic (exact) mass is 268 g/mol. The molecule has 0 saturated heterocycles. The second-order valence-electron chi connectivity index (χ2n) is 3.78. The lowest BCUT2D eigenvalue weighted by atomic mass is 10.1. The number of aliphatic hydroxyl groups excluding tert-OH is 1. The van der Waals surface area contributed by atoms with E-state index in [0.717, 1.165) is 5.56 Å². The van der Waals surface area contributed by atoms with E-state index in [9.17, 15) is 5.11 Å². The van der Waals surface area contributed by atoms with Gasteiger partial charge in [-0.05, 0) is 47.5 Å². The molecule has 90 valence electrons. The van der Waals surface area contributed by atoms with Crippen molar-refractivity contribution in [2.45, 2.75) is 19.6 Å². The van der Waals surface area contributed by atoms with Crippen LogP contribution in [0.25, 0.3) is 0 Å². The van der Waals surface area contributed by atoms with Gasteiger partial charge in [0, 0.05) is 10.6 Å². The third-order valence-corrected chi connectivity index (χ3v) is 3.36. The minimum atomic E-state index is -0.592. The summed E-state index contributed by atoms with van der Waals surface area (Å²) >= 11 is 7.53. The van der Waals surface area contributed by atoms with Crippen molar-refractivity contribution in [2.24, 2.45) is 0 Å². The molecule has 0 fully saturated rings. The van der Waals surface area contributed by atoms with E-state index >= 15 is 0 Å². The van der Waals surface area contributed by atoms with Gasteiger partial charge in [-0.2, -0.15) is 11.3 Å². The van der Waals surface area contributed by atoms with Crippen LogP contribution in [0.1, 0.15) is 24.2 Å². The Labute approximate surface area is 109 Å². The molecule has 4 heteroatoms. The first kappa shape index (κ1) is 12.4. The van der Waals surface area contributed by atoms with Crippen molar-refractivity contribution in [1.82, 2.24) is 0 Å². The fraction of sp³-hybridized carbons (Fsp3) is 0.231. The van der Waals surface area contributed by atoms with Crippen molar-refractivity contribution in [1.29, 1.82) is 0 Å². The van der Waals surface area contributed by atoms with E-state index in [1.54, 1.807) is 36.5 Å². The topological polar surface area (TPSA) is 29.5 Å². The fourth-order valence-corrected chi connectivity index (χ4v) is 2.35. The van der Waals surface area contributed by atoms with E-state index in [0.29, 0.717) is 22.9 Å². The van der Waals surface area contributed by atoms with Crippen molar-refractivity contribution in [3.05, 3.63) is 51.2 Å². The van der Waals surface area contributed by atoms with E-state index in [4.69, 9.17) is 16.3 Å². The van der Waals surface area contributed by atoms with Crippen molar-refractivity contribution < 1.29 is 9.84 Å². The maximum Gasteiger partial charge on any atom is 0.125 e. The van der Waals surface area contributed by atoms with Gasteiger partial charge >= 0.3 is 0 Å². The molecular weight excluding hydrogens is 256 g/mol. The van der Waals surface area contributed by atoms with E-state index in [1.165, 1.54) is 0 Å². The van der Waals surface area contributed by atoms with Gasteiger partial charge in [0.25, 0.3) is 0 Å². The Morgan fingerprint density at radius 1 is 1.41 bits per heavy atom. The van der Waals surface area contributed by atoms with E-state index < -0.39 is 6.10 Å². The first-order valence-electron chi connectivity index (χ1n) is 5.28. The summed E-state index contributed by atoms with van der Waals surface area (Å²) in [6.45, 7) is 2.20. The molecular formula is C13H13ClO2S. The average molecular weight is 269 g/mol. The molecule has 17 heavy (non-hydrogen) atoms. The Bertz CT molecular complexity index is 480. The highest BCUT2D eigenvalue weighted by atomic mass is 35.5. The number of ether oxygens (including phenoxy) is 1. The van der Waals surface area contributed by atoms with Gasteiger partial charge in [-0.25, -0.2) is 0 Å². The SMILES string of the molecule is CC(O)c1cc(Cl)ccc1OCc1ccsc1. The Balaban J connectivity index is 2.14. The number of thiophene rings is 1. The van der Waals surface area contributed by atoms with Crippen LogP contribution in [0.4, 0.5) is 0 Å². The molecule has 0 aliphatic rings. The molecule has 2 nitrogen and oxygen atoms in total. The number of benzene rings is 1. The van der Waals surface area contributed by atoms with Crippen LogP contribution in [-0.4, -0.2) is 5.11 Å². The maximum absolute atomic E-state index is 9.65. The van der Waals surface area contributed by atoms with Gasteiger partial charge < -0.3 is 9.84 Å². The summed E-state index contributed by atoms with van der Waals surface area (Å²) < 4.78 is 5.69. The van der Waals surface area contributed by atoms with Gasteiger partial charge in [-0.15, -0.1) is 0 Å². The summed E-state index contributed by atoms with van der Waals surface area (Å²) in [6, 6.07) is 7.30. The predicted molar refractivity (Wildman–Crippen MR) is 70.7 cm³/mol. The molecule has 0 saturated carbocycles. The number of rotatable bonds is 4. The van der Waals surface area contributed by atoms with Gasteiger partial charge in [-0.3, -0.25) is 0 Å². The molecule has 1 heterocycles. The number of hydrogen-bond acceptors (Lipinski definition) is 3. The summed E-state index contributed by atoms with van der Waals surface area (Å²) in [7, 11) is 0. The van der Waals surface area contributed by atoms with Crippen LogP contribution >= 0.6 is 22.9 Å². The molecule has 1 atom stereocenters. The lowest BCUT2D eigenvalue weighted by Gasteiger charge is -2.13. The summed E-state index contributed by atoms with van der Waals surface area (Å²) in [5.74, 6) is 0.676. The molecule has 0 aliphatic heterocycles. The largest absolute Gasteiger partial charge is 0.488 e. The number of aliphatic hydroxyl groups is 1. The predicted octanol–water partition coefficient (Wildman–Crippen LogP) is 4.03. The quantitative estimate of drug-likeness (QED) is 0.907. The highest BCUT2D eigenvalue weighted by molar-refractivity contribution is 7.07. The Hall–Kier alpha value is -1.03. The summed E-state index contributed by atoms with van der Waals surface area (Å²) in [6.07, 6.45) is -0.592. The Kier molecular flexibility index (Phi) is 4.05. The van der Waals surface area contributed by atoms with Crippen LogP contribution in [0.2, 0.25) is 5.02 Å². The Morgan fingerprint density at radius 2 is 2.24 bits per heavy atom. The highest BCUT2D eigenvalue weighted by Gasteiger charge is 2.10. The molecule has 2 rings (SSSR count). The second kappa shape index (κ2) is 5.54. The van der Waals surface area contributed by atoms with Crippen LogP contribution in [0, 0.1) is 0 Å². The van der Waals surface area contributed by atoms with Crippen LogP contribution < -0.4 is 4.74 Å². The molecule has 0 amide bonds. The normalized spacial score (nSPS) is 12.4. The minimum Gasteiger partial charge on any atom is -0.488 e. The third-order valence-electron chi connectivity index (χ3n) is 2.40. The van der Waals surface area contributed by atoms with Gasteiger partial charge in [0.05, 0.1) is 6.10 Å². The average Bonchev–Trinajstić information content (AvgIpc) is 2.80. The molecule has 1 N–H and O–H groups in total. The molecule has 1 aromatic carbocycles. The van der Waals surface area contributed by atoms with E-state index in [-0.39, 0.29) is 0 Å². The zero-order valence-corrected chi connectivity index (χ0v) is 11.0. The van der Waals surface area contributed by atoms with Crippen LogP contribution in [0.15, 0.2) is 35.0 Å². The maximum atomic E-state index is 9.65. The number of halogens is 1. The first-order chi connectivity index (χ1) is 8.16. The zero-order chi connectivity index (χ0) is 12.3. The van der Waals surface area contributed by atoms with Crippen LogP contribution in [0.5, 0.6) is 5.75 Å². The molecule has 0 radical (unpaired) electrons. The summed E-state index contributed by atoms with van der Waals surface area (Å²) in [5.41, 5.74) is 1.84. The second-order valence-corrected chi connectivity index (χ2v) is 4.99. The standard InChI is InChI=1S/C13H13ClO2S/c1-9(15)12-6-11(14)2-3-13(12)16-7-10-4-5-17-8-10/h2-6,8-9,15H,7H2,1H3. The molecule has 1 unspecified atom stereocenters. The van der Waals surface area contributed by atoms with E-state index in [1.807, 2.05) is 16.8 Å². The zero-order valence-electron chi connectivity index (χ0n) is 9.39. The molecule has 0 bridgehead atoms. The highest BCUT2D eigenvalue weighted by Crippen LogP contribution is 2.29. The van der Waals surface area contributed by atoms with Gasteiger partial charge in [-0.1, -0.05) is 11.6 Å². The van der Waals surface area contributed by atoms with Crippen LogP contribution in [-0.2, 0) is 6.61 Å².